The predicted molar refractivity (Wildman–Crippen MR) is 43.8 cm³/mol. The molecule has 0 aliphatic carbocycles. The van der Waals surface area contributed by atoms with Crippen LogP contribution in [0.25, 0.3) is 0 Å². The maximum absolute atomic E-state index is 10.7. The summed E-state index contributed by atoms with van der Waals surface area (Å²) in [5.41, 5.74) is -1.96. The molecule has 0 N–H and O–H groups in total. The summed E-state index contributed by atoms with van der Waals surface area (Å²) < 4.78 is 0. The first-order chi connectivity index (χ1) is 6.49. The molecule has 0 heterocycles. The van der Waals surface area contributed by atoms with Crippen molar-refractivity contribution in [2.24, 2.45) is 0 Å². The number of carbonyl (C=O) groups is 2. The minimum atomic E-state index is -2.10. The molecule has 0 aliphatic rings. The van der Waals surface area contributed by atoms with Crippen LogP contribution in [0, 0.1) is 0 Å². The van der Waals surface area contributed by atoms with E-state index in [0.717, 1.165) is 6.92 Å². The predicted octanol–water partition coefficient (Wildman–Crippen LogP) is -7.55. The van der Waals surface area contributed by atoms with Crippen LogP contribution in [0.4, 0.5) is 0 Å². The zero-order valence-corrected chi connectivity index (χ0v) is 11.5. The van der Waals surface area contributed by atoms with Crippen molar-refractivity contribution in [3.8, 4) is 0 Å². The van der Waals surface area contributed by atoms with Crippen LogP contribution in [0.2, 0.25) is 0 Å². The van der Waals surface area contributed by atoms with Gasteiger partial charge in [0.15, 0.2) is 0 Å². The van der Waals surface area contributed by atoms with Crippen molar-refractivity contribution < 1.29 is 68.2 Å². The third kappa shape index (κ3) is 3.37. The van der Waals surface area contributed by atoms with Crippen LogP contribution in [0.5, 0.6) is 0 Å². The van der Waals surface area contributed by atoms with E-state index in [4.69, 9.17) is 0 Å². The summed E-state index contributed by atoms with van der Waals surface area (Å²) in [7, 11) is 0. The normalized spacial score (nSPS) is 9.56. The Morgan fingerprint density at radius 3 is 1.75 bits per heavy atom. The fraction of sp³-hybridized carbons (Fsp3) is 0.200. The molecule has 0 atom stereocenters. The Hall–Kier alpha value is -0.243. The molecule has 1 rings (SSSR count). The Kier molecular flexibility index (Phi) is 8.11. The molecule has 0 unspecified atom stereocenters. The van der Waals surface area contributed by atoms with Gasteiger partial charge in [0.2, 0.25) is 0 Å². The van der Waals surface area contributed by atoms with Gasteiger partial charge in [-0.15, -0.1) is 0 Å². The van der Waals surface area contributed by atoms with Crippen molar-refractivity contribution in [2.45, 2.75) is 12.3 Å². The summed E-state index contributed by atoms with van der Waals surface area (Å²) >= 11 is 0. The van der Waals surface area contributed by atoms with Crippen molar-refractivity contribution in [1.82, 2.24) is 0 Å². The summed E-state index contributed by atoms with van der Waals surface area (Å²) in [4.78, 5) is 21.5. The van der Waals surface area contributed by atoms with Gasteiger partial charge in [-0.1, -0.05) is 30.3 Å². The first kappa shape index (κ1) is 18.1. The fourth-order valence-electron chi connectivity index (χ4n) is 1.09. The fourth-order valence-corrected chi connectivity index (χ4v) is 1.09. The average molecular weight is 222 g/mol. The van der Waals surface area contributed by atoms with E-state index in [1.54, 1.807) is 18.2 Å². The first-order valence-corrected chi connectivity index (χ1v) is 3.98. The monoisotopic (exact) mass is 222 g/mol. The molecule has 1 aromatic carbocycles. The Morgan fingerprint density at radius 2 is 1.44 bits per heavy atom. The minimum Gasteiger partial charge on any atom is -0.549 e. The van der Waals surface area contributed by atoms with Gasteiger partial charge in [0.05, 0.1) is 17.4 Å². The third-order valence-electron chi connectivity index (χ3n) is 2.17. The van der Waals surface area contributed by atoms with Crippen LogP contribution in [0.1, 0.15) is 12.5 Å². The third-order valence-corrected chi connectivity index (χ3v) is 2.17. The molecule has 0 aliphatic heterocycles. The van der Waals surface area contributed by atoms with Crippen molar-refractivity contribution >= 4 is 11.9 Å². The molecular formula is C10H8LiNaO4. The van der Waals surface area contributed by atoms with Crippen LogP contribution < -0.4 is 58.6 Å². The Bertz CT molecular complexity index is 352. The van der Waals surface area contributed by atoms with E-state index >= 15 is 0 Å². The summed E-state index contributed by atoms with van der Waals surface area (Å²) in [6.45, 7) is 1.05. The Balaban J connectivity index is 0. The molecule has 0 saturated carbocycles. The molecular weight excluding hydrogens is 214 g/mol. The van der Waals surface area contributed by atoms with Crippen molar-refractivity contribution in [1.29, 1.82) is 0 Å². The van der Waals surface area contributed by atoms with E-state index in [2.05, 4.69) is 0 Å². The summed E-state index contributed by atoms with van der Waals surface area (Å²) in [6, 6.07) is 7.59. The molecule has 74 valence electrons. The molecule has 0 bridgehead atoms. The van der Waals surface area contributed by atoms with E-state index in [1.807, 2.05) is 0 Å². The van der Waals surface area contributed by atoms with Gasteiger partial charge in [-0.25, -0.2) is 0 Å². The number of carbonyl (C=O) groups excluding carboxylic acids is 2. The van der Waals surface area contributed by atoms with Gasteiger partial charge in [0.25, 0.3) is 0 Å². The van der Waals surface area contributed by atoms with Crippen LogP contribution in [0.15, 0.2) is 30.3 Å². The first-order valence-electron chi connectivity index (χ1n) is 3.98. The van der Waals surface area contributed by atoms with E-state index < -0.39 is 17.4 Å². The number of rotatable bonds is 3. The van der Waals surface area contributed by atoms with Crippen molar-refractivity contribution in [2.75, 3.05) is 0 Å². The number of carboxylic acid groups (broad SMARTS) is 2. The van der Waals surface area contributed by atoms with E-state index in [9.17, 15) is 19.8 Å². The standard InChI is InChI=1S/C10H10O4.Li.Na/c1-10(8(11)12,9(13)14)7-5-3-2-4-6-7;;/h2-6H,1H3,(H,11,12)(H,13,14);;/q;2*+1/p-2. The van der Waals surface area contributed by atoms with Crippen LogP contribution >= 0.6 is 0 Å². The summed E-state index contributed by atoms with van der Waals surface area (Å²) in [5, 5.41) is 21.5. The molecule has 0 spiro atoms. The van der Waals surface area contributed by atoms with Crippen LogP contribution in [-0.4, -0.2) is 11.9 Å². The molecule has 0 aromatic heterocycles. The average Bonchev–Trinajstić information content (AvgIpc) is 2.17. The van der Waals surface area contributed by atoms with Gasteiger partial charge in [0, 0.05) is 0 Å². The number of aliphatic carboxylic acids is 2. The second kappa shape index (κ2) is 7.16. The van der Waals surface area contributed by atoms with Crippen LogP contribution in [-0.2, 0) is 15.0 Å². The molecule has 6 heteroatoms. The number of hydrogen-bond donors (Lipinski definition) is 0. The van der Waals surface area contributed by atoms with Gasteiger partial charge < -0.3 is 19.8 Å². The van der Waals surface area contributed by atoms with Gasteiger partial charge in [-0.3, -0.25) is 0 Å². The Morgan fingerprint density at radius 1 is 1.06 bits per heavy atom. The van der Waals surface area contributed by atoms with E-state index in [0.29, 0.717) is 0 Å². The largest absolute Gasteiger partial charge is 1.00 e. The summed E-state index contributed by atoms with van der Waals surface area (Å²) in [5.74, 6) is -3.35. The topological polar surface area (TPSA) is 80.3 Å². The molecule has 0 fully saturated rings. The Labute approximate surface area is 128 Å². The van der Waals surface area contributed by atoms with Gasteiger partial charge in [-0.05, 0) is 12.5 Å². The zero-order chi connectivity index (χ0) is 10.8. The number of hydrogen-bond acceptors (Lipinski definition) is 4. The van der Waals surface area contributed by atoms with Crippen LogP contribution in [0.3, 0.4) is 0 Å². The molecule has 0 saturated heterocycles. The van der Waals surface area contributed by atoms with Gasteiger partial charge in [-0.2, -0.15) is 0 Å². The molecule has 4 nitrogen and oxygen atoms in total. The minimum absolute atomic E-state index is 0. The SMILES string of the molecule is CC(C(=O)[O-])(C(=O)[O-])c1ccccc1.[Li+].[Na+]. The molecule has 0 radical (unpaired) electrons. The molecule has 1 aromatic rings. The van der Waals surface area contributed by atoms with Crippen molar-refractivity contribution in [3.63, 3.8) is 0 Å². The quantitative estimate of drug-likeness (QED) is 0.376. The molecule has 0 amide bonds. The maximum Gasteiger partial charge on any atom is 1.00 e. The number of benzene rings is 1. The van der Waals surface area contributed by atoms with E-state index in [1.165, 1.54) is 12.1 Å². The number of carboxylic acids is 2. The van der Waals surface area contributed by atoms with E-state index in [-0.39, 0.29) is 54.0 Å². The maximum atomic E-state index is 10.7. The second-order valence-corrected chi connectivity index (χ2v) is 3.07. The summed E-state index contributed by atoms with van der Waals surface area (Å²) in [6.07, 6.45) is 0. The zero-order valence-electron chi connectivity index (χ0n) is 9.52. The smallest absolute Gasteiger partial charge is 0.549 e. The van der Waals surface area contributed by atoms with Gasteiger partial charge in [0.1, 0.15) is 0 Å². The van der Waals surface area contributed by atoms with Gasteiger partial charge >= 0.3 is 48.4 Å². The molecule has 16 heavy (non-hydrogen) atoms. The second-order valence-electron chi connectivity index (χ2n) is 3.07. The van der Waals surface area contributed by atoms with Crippen molar-refractivity contribution in [3.05, 3.63) is 35.9 Å².